The fourth-order valence-electron chi connectivity index (χ4n) is 2.96. The number of carbonyl (C=O) groups is 1. The fourth-order valence-corrected chi connectivity index (χ4v) is 2.96. The van der Waals surface area contributed by atoms with Crippen molar-refractivity contribution in [2.45, 2.75) is 18.9 Å². The zero-order valence-electron chi connectivity index (χ0n) is 13.8. The molecule has 4 N–H and O–H groups in total. The van der Waals surface area contributed by atoms with E-state index >= 15 is 0 Å². The zero-order chi connectivity index (χ0) is 17.0. The second kappa shape index (κ2) is 7.03. The largest absolute Gasteiger partial charge is 0.387 e. The SMILES string of the molecule is Cc1ccccc1-c1cccc(NC(=O)NC[C@]2(O)CCNC2)c1. The highest BCUT2D eigenvalue weighted by Gasteiger charge is 2.31. The highest BCUT2D eigenvalue weighted by Crippen LogP contribution is 2.25. The first-order chi connectivity index (χ1) is 11.6. The van der Waals surface area contributed by atoms with Crippen molar-refractivity contribution in [1.29, 1.82) is 0 Å². The van der Waals surface area contributed by atoms with Crippen LogP contribution in [0.1, 0.15) is 12.0 Å². The molecule has 1 aliphatic heterocycles. The molecule has 0 saturated carbocycles. The molecule has 2 aromatic carbocycles. The molecule has 1 saturated heterocycles. The number of β-amino-alcohol motifs (C(OH)–C–C–N with tert-alkyl or cyclic N) is 1. The van der Waals surface area contributed by atoms with Crippen LogP contribution in [-0.4, -0.2) is 36.4 Å². The molecule has 0 aromatic heterocycles. The van der Waals surface area contributed by atoms with Gasteiger partial charge in [0.05, 0.1) is 5.60 Å². The molecule has 0 unspecified atom stereocenters. The van der Waals surface area contributed by atoms with Gasteiger partial charge in [-0.1, -0.05) is 36.4 Å². The second-order valence-electron chi connectivity index (χ2n) is 6.35. The van der Waals surface area contributed by atoms with Gasteiger partial charge in [0.25, 0.3) is 0 Å². The van der Waals surface area contributed by atoms with E-state index in [2.05, 4.69) is 35.0 Å². The van der Waals surface area contributed by atoms with Crippen molar-refractivity contribution in [3.8, 4) is 11.1 Å². The normalized spacial score (nSPS) is 19.9. The number of nitrogens with one attached hydrogen (secondary N) is 3. The summed E-state index contributed by atoms with van der Waals surface area (Å²) in [5.74, 6) is 0. The number of anilines is 1. The van der Waals surface area contributed by atoms with Crippen LogP contribution in [0, 0.1) is 6.92 Å². The smallest absolute Gasteiger partial charge is 0.319 e. The lowest BCUT2D eigenvalue weighted by molar-refractivity contribution is 0.0640. The summed E-state index contributed by atoms with van der Waals surface area (Å²) in [5, 5.41) is 18.9. The van der Waals surface area contributed by atoms with Crippen molar-refractivity contribution < 1.29 is 9.90 Å². The van der Waals surface area contributed by atoms with Crippen LogP contribution in [0.4, 0.5) is 10.5 Å². The van der Waals surface area contributed by atoms with Crippen molar-refractivity contribution in [2.24, 2.45) is 0 Å². The van der Waals surface area contributed by atoms with Crippen LogP contribution < -0.4 is 16.0 Å². The third-order valence-electron chi connectivity index (χ3n) is 4.38. The molecule has 1 fully saturated rings. The van der Waals surface area contributed by atoms with Gasteiger partial charge in [0, 0.05) is 18.8 Å². The summed E-state index contributed by atoms with van der Waals surface area (Å²) < 4.78 is 0. The van der Waals surface area contributed by atoms with Crippen LogP contribution in [0.2, 0.25) is 0 Å². The van der Waals surface area contributed by atoms with Gasteiger partial charge in [-0.25, -0.2) is 4.79 Å². The van der Waals surface area contributed by atoms with Gasteiger partial charge in [-0.3, -0.25) is 0 Å². The predicted octanol–water partition coefficient (Wildman–Crippen LogP) is 2.51. The van der Waals surface area contributed by atoms with E-state index in [1.807, 2.05) is 36.4 Å². The maximum absolute atomic E-state index is 12.1. The highest BCUT2D eigenvalue weighted by atomic mass is 16.3. The first-order valence-corrected chi connectivity index (χ1v) is 8.20. The van der Waals surface area contributed by atoms with Gasteiger partial charge in [-0.2, -0.15) is 0 Å². The topological polar surface area (TPSA) is 73.4 Å². The maximum Gasteiger partial charge on any atom is 0.319 e. The fraction of sp³-hybridized carbons (Fsp3) is 0.316. The minimum Gasteiger partial charge on any atom is -0.387 e. The molecular formula is C19H23N3O2. The summed E-state index contributed by atoms with van der Waals surface area (Å²) >= 11 is 0. The highest BCUT2D eigenvalue weighted by molar-refractivity contribution is 5.90. The first-order valence-electron chi connectivity index (χ1n) is 8.20. The van der Waals surface area contributed by atoms with E-state index < -0.39 is 5.60 Å². The number of hydrogen-bond donors (Lipinski definition) is 4. The summed E-state index contributed by atoms with van der Waals surface area (Å²) in [7, 11) is 0. The zero-order valence-corrected chi connectivity index (χ0v) is 13.8. The van der Waals surface area contributed by atoms with Gasteiger partial charge < -0.3 is 21.1 Å². The number of aryl methyl sites for hydroxylation is 1. The molecule has 3 rings (SSSR count). The van der Waals surface area contributed by atoms with Gasteiger partial charge >= 0.3 is 6.03 Å². The summed E-state index contributed by atoms with van der Waals surface area (Å²) in [5.41, 5.74) is 3.28. The van der Waals surface area contributed by atoms with Gasteiger partial charge in [0.15, 0.2) is 0 Å². The van der Waals surface area contributed by atoms with E-state index in [0.29, 0.717) is 13.0 Å². The second-order valence-corrected chi connectivity index (χ2v) is 6.35. The minimum absolute atomic E-state index is 0.239. The Labute approximate surface area is 142 Å². The van der Waals surface area contributed by atoms with Crippen molar-refractivity contribution >= 4 is 11.7 Å². The van der Waals surface area contributed by atoms with E-state index in [0.717, 1.165) is 23.4 Å². The van der Waals surface area contributed by atoms with Crippen LogP contribution in [0.5, 0.6) is 0 Å². The monoisotopic (exact) mass is 325 g/mol. The predicted molar refractivity (Wildman–Crippen MR) is 96.1 cm³/mol. The Kier molecular flexibility index (Phi) is 4.83. The Morgan fingerprint density at radius 2 is 2.08 bits per heavy atom. The molecule has 5 heteroatoms. The molecule has 0 bridgehead atoms. The Morgan fingerprint density at radius 3 is 2.83 bits per heavy atom. The number of urea groups is 1. The molecule has 2 aromatic rings. The van der Waals surface area contributed by atoms with E-state index in [1.165, 1.54) is 5.56 Å². The molecule has 5 nitrogen and oxygen atoms in total. The Balaban J connectivity index is 1.64. The Hall–Kier alpha value is -2.37. The van der Waals surface area contributed by atoms with E-state index in [1.54, 1.807) is 0 Å². The molecule has 126 valence electrons. The van der Waals surface area contributed by atoms with Crippen molar-refractivity contribution in [3.05, 3.63) is 54.1 Å². The minimum atomic E-state index is -0.847. The van der Waals surface area contributed by atoms with Crippen molar-refractivity contribution in [2.75, 3.05) is 25.0 Å². The first kappa shape index (κ1) is 16.5. The van der Waals surface area contributed by atoms with Gasteiger partial charge in [0.1, 0.15) is 0 Å². The third-order valence-corrected chi connectivity index (χ3v) is 4.38. The lowest BCUT2D eigenvalue weighted by Crippen LogP contribution is -2.45. The van der Waals surface area contributed by atoms with Gasteiger partial charge in [-0.15, -0.1) is 0 Å². The lowest BCUT2D eigenvalue weighted by Gasteiger charge is -2.21. The van der Waals surface area contributed by atoms with E-state index in [-0.39, 0.29) is 12.6 Å². The number of aliphatic hydroxyl groups is 1. The molecular weight excluding hydrogens is 302 g/mol. The molecule has 1 heterocycles. The molecule has 2 amide bonds. The van der Waals surface area contributed by atoms with Gasteiger partial charge in [0.2, 0.25) is 0 Å². The van der Waals surface area contributed by atoms with Crippen molar-refractivity contribution in [1.82, 2.24) is 10.6 Å². The average molecular weight is 325 g/mol. The van der Waals surface area contributed by atoms with Crippen LogP contribution in [0.3, 0.4) is 0 Å². The molecule has 1 atom stereocenters. The summed E-state index contributed by atoms with van der Waals surface area (Å²) in [6.45, 7) is 3.59. The summed E-state index contributed by atoms with van der Waals surface area (Å²) in [4.78, 5) is 12.1. The number of amides is 2. The third kappa shape index (κ3) is 3.93. The molecule has 24 heavy (non-hydrogen) atoms. The average Bonchev–Trinajstić information content (AvgIpc) is 3.01. The van der Waals surface area contributed by atoms with Crippen LogP contribution >= 0.6 is 0 Å². The number of benzene rings is 2. The van der Waals surface area contributed by atoms with Crippen LogP contribution in [-0.2, 0) is 0 Å². The van der Waals surface area contributed by atoms with Crippen molar-refractivity contribution in [3.63, 3.8) is 0 Å². The molecule has 0 radical (unpaired) electrons. The van der Waals surface area contributed by atoms with Crippen LogP contribution in [0.15, 0.2) is 48.5 Å². The number of hydrogen-bond acceptors (Lipinski definition) is 3. The Morgan fingerprint density at radius 1 is 1.25 bits per heavy atom. The summed E-state index contributed by atoms with van der Waals surface area (Å²) in [6, 6.07) is 15.6. The number of rotatable bonds is 4. The quantitative estimate of drug-likeness (QED) is 0.698. The van der Waals surface area contributed by atoms with E-state index in [9.17, 15) is 9.90 Å². The van der Waals surface area contributed by atoms with E-state index in [4.69, 9.17) is 0 Å². The standard InChI is InChI=1S/C19H23N3O2/c1-14-5-2-3-8-17(14)15-6-4-7-16(11-15)22-18(23)21-13-19(24)9-10-20-12-19/h2-8,11,20,24H,9-10,12-13H2,1H3,(H2,21,22,23)/t19-/m0/s1. The van der Waals surface area contributed by atoms with Gasteiger partial charge in [-0.05, 0) is 48.7 Å². The Bertz CT molecular complexity index is 724. The maximum atomic E-state index is 12.1. The number of carbonyl (C=O) groups excluding carboxylic acids is 1. The molecule has 1 aliphatic rings. The summed E-state index contributed by atoms with van der Waals surface area (Å²) in [6.07, 6.45) is 0.649. The van der Waals surface area contributed by atoms with Crippen LogP contribution in [0.25, 0.3) is 11.1 Å². The lowest BCUT2D eigenvalue weighted by atomic mass is 10.0. The molecule has 0 spiro atoms. The molecule has 0 aliphatic carbocycles.